The molecule has 1 aliphatic heterocycles. The summed E-state index contributed by atoms with van der Waals surface area (Å²) in [5.41, 5.74) is 3.34. The maximum atomic E-state index is 12.9. The normalized spacial score (nSPS) is 15.7. The summed E-state index contributed by atoms with van der Waals surface area (Å²) in [6.07, 6.45) is 1.73. The fourth-order valence-corrected chi connectivity index (χ4v) is 4.14. The third-order valence-electron chi connectivity index (χ3n) is 5.26. The summed E-state index contributed by atoms with van der Waals surface area (Å²) in [5, 5.41) is 1.04. The van der Waals surface area contributed by atoms with Crippen LogP contribution in [0.25, 0.3) is 22.0 Å². The van der Waals surface area contributed by atoms with Gasteiger partial charge in [0.2, 0.25) is 0 Å². The summed E-state index contributed by atoms with van der Waals surface area (Å²) >= 11 is 3.47. The molecule has 136 valence electrons. The van der Waals surface area contributed by atoms with Crippen LogP contribution in [0.5, 0.6) is 0 Å². The van der Waals surface area contributed by atoms with E-state index in [0.717, 1.165) is 45.2 Å². The Labute approximate surface area is 164 Å². The largest absolute Gasteiger partial charge is 0.440 e. The van der Waals surface area contributed by atoms with Crippen molar-refractivity contribution in [3.63, 3.8) is 0 Å². The van der Waals surface area contributed by atoms with Gasteiger partial charge in [-0.2, -0.15) is 0 Å². The third-order valence-corrected chi connectivity index (χ3v) is 5.75. The van der Waals surface area contributed by atoms with E-state index in [2.05, 4.69) is 25.9 Å². The van der Waals surface area contributed by atoms with Crippen molar-refractivity contribution in [2.75, 3.05) is 13.1 Å². The molecule has 1 amide bonds. The Morgan fingerprint density at radius 2 is 1.96 bits per heavy atom. The quantitative estimate of drug-likeness (QED) is 0.488. The van der Waals surface area contributed by atoms with Crippen LogP contribution in [0.3, 0.4) is 0 Å². The molecule has 2 aromatic carbocycles. The van der Waals surface area contributed by atoms with Crippen molar-refractivity contribution in [1.29, 1.82) is 0 Å². The van der Waals surface area contributed by atoms with E-state index in [1.807, 2.05) is 53.4 Å². The van der Waals surface area contributed by atoms with Gasteiger partial charge in [-0.3, -0.25) is 4.79 Å². The first-order valence-electron chi connectivity index (χ1n) is 9.10. The van der Waals surface area contributed by atoms with E-state index in [4.69, 9.17) is 4.42 Å². The van der Waals surface area contributed by atoms with Gasteiger partial charge in [0, 0.05) is 34.4 Å². The van der Waals surface area contributed by atoms with E-state index in [9.17, 15) is 4.79 Å². The number of likely N-dealkylation sites (tertiary alicyclic amines) is 1. The highest BCUT2D eigenvalue weighted by Gasteiger charge is 2.28. The minimum absolute atomic E-state index is 0.0540. The number of amides is 1. The highest BCUT2D eigenvalue weighted by atomic mass is 79.9. The number of hydrogen-bond acceptors (Lipinski definition) is 3. The van der Waals surface area contributed by atoms with E-state index in [-0.39, 0.29) is 11.8 Å². The lowest BCUT2D eigenvalue weighted by atomic mass is 9.96. The van der Waals surface area contributed by atoms with Gasteiger partial charge < -0.3 is 14.3 Å². The zero-order chi connectivity index (χ0) is 18.4. The van der Waals surface area contributed by atoms with E-state index in [0.29, 0.717) is 18.8 Å². The Kier molecular flexibility index (Phi) is 4.01. The van der Waals surface area contributed by atoms with Gasteiger partial charge in [0.25, 0.3) is 5.91 Å². The zero-order valence-electron chi connectivity index (χ0n) is 14.6. The Bertz CT molecular complexity index is 1110. The second-order valence-corrected chi connectivity index (χ2v) is 7.92. The summed E-state index contributed by atoms with van der Waals surface area (Å²) in [5.74, 6) is 1.11. The molecule has 4 aromatic rings. The fourth-order valence-electron chi connectivity index (χ4n) is 3.78. The Balaban J connectivity index is 1.31. The lowest BCUT2D eigenvalue weighted by Crippen LogP contribution is -2.38. The first-order valence-corrected chi connectivity index (χ1v) is 9.90. The molecule has 1 N–H and O–H groups in total. The number of halogens is 1. The maximum Gasteiger partial charge on any atom is 0.270 e. The molecule has 5 nitrogen and oxygen atoms in total. The molecule has 0 atom stereocenters. The topological polar surface area (TPSA) is 62.1 Å². The van der Waals surface area contributed by atoms with Crippen LogP contribution in [0, 0.1) is 0 Å². The number of fused-ring (bicyclic) bond motifs is 2. The number of benzene rings is 2. The van der Waals surface area contributed by atoms with Crippen molar-refractivity contribution < 1.29 is 9.21 Å². The molecular formula is C21H18BrN3O2. The molecule has 1 saturated heterocycles. The van der Waals surface area contributed by atoms with Crippen molar-refractivity contribution in [2.45, 2.75) is 18.8 Å². The average molecular weight is 424 g/mol. The number of nitrogens with one attached hydrogen (secondary N) is 1. The SMILES string of the molecule is O=C(c1cc2ccc(Br)cc2[nH]1)N1CCC(c2nc3ccccc3o2)CC1. The molecule has 0 aliphatic carbocycles. The molecule has 1 fully saturated rings. The number of carbonyl (C=O) groups is 1. The average Bonchev–Trinajstić information content (AvgIpc) is 3.31. The summed E-state index contributed by atoms with van der Waals surface area (Å²) < 4.78 is 6.91. The predicted molar refractivity (Wildman–Crippen MR) is 108 cm³/mol. The van der Waals surface area contributed by atoms with E-state index in [1.165, 1.54) is 0 Å². The molecule has 5 rings (SSSR count). The zero-order valence-corrected chi connectivity index (χ0v) is 16.2. The minimum atomic E-state index is 0.0540. The molecular weight excluding hydrogens is 406 g/mol. The highest BCUT2D eigenvalue weighted by molar-refractivity contribution is 9.10. The summed E-state index contributed by atoms with van der Waals surface area (Å²) in [4.78, 5) is 22.7. The second-order valence-electron chi connectivity index (χ2n) is 7.00. The number of oxazole rings is 1. The number of para-hydroxylation sites is 2. The standard InChI is InChI=1S/C21H18BrN3O2/c22-15-6-5-14-11-18(23-17(14)12-15)21(26)25-9-7-13(8-10-25)20-24-16-3-1-2-4-19(16)27-20/h1-6,11-13,23H,7-10H2. The van der Waals surface area contributed by atoms with Crippen LogP contribution < -0.4 is 0 Å². The number of hydrogen-bond donors (Lipinski definition) is 1. The van der Waals surface area contributed by atoms with Crippen LogP contribution in [0.2, 0.25) is 0 Å². The molecule has 2 aromatic heterocycles. The Morgan fingerprint density at radius 3 is 2.78 bits per heavy atom. The lowest BCUT2D eigenvalue weighted by Gasteiger charge is -2.30. The summed E-state index contributed by atoms with van der Waals surface area (Å²) in [6.45, 7) is 1.42. The van der Waals surface area contributed by atoms with E-state index < -0.39 is 0 Å². The van der Waals surface area contributed by atoms with Crippen molar-refractivity contribution in [3.05, 3.63) is 64.6 Å². The van der Waals surface area contributed by atoms with Crippen LogP contribution in [0.15, 0.2) is 57.4 Å². The van der Waals surface area contributed by atoms with Crippen molar-refractivity contribution in [3.8, 4) is 0 Å². The van der Waals surface area contributed by atoms with Crippen molar-refractivity contribution in [1.82, 2.24) is 14.9 Å². The van der Waals surface area contributed by atoms with Gasteiger partial charge in [-0.25, -0.2) is 4.98 Å². The first-order chi connectivity index (χ1) is 13.2. The van der Waals surface area contributed by atoms with Gasteiger partial charge in [0.1, 0.15) is 11.2 Å². The van der Waals surface area contributed by atoms with Gasteiger partial charge in [0.15, 0.2) is 11.5 Å². The molecule has 0 spiro atoms. The summed E-state index contributed by atoms with van der Waals surface area (Å²) in [7, 11) is 0. The van der Waals surface area contributed by atoms with Gasteiger partial charge in [-0.05, 0) is 43.2 Å². The fraction of sp³-hybridized carbons (Fsp3) is 0.238. The van der Waals surface area contributed by atoms with Crippen LogP contribution in [0.1, 0.15) is 35.1 Å². The number of aromatic nitrogens is 2. The number of rotatable bonds is 2. The monoisotopic (exact) mass is 423 g/mol. The van der Waals surface area contributed by atoms with Gasteiger partial charge in [0.05, 0.1) is 0 Å². The molecule has 0 bridgehead atoms. The van der Waals surface area contributed by atoms with Gasteiger partial charge >= 0.3 is 0 Å². The maximum absolute atomic E-state index is 12.9. The number of piperidine rings is 1. The number of nitrogens with zero attached hydrogens (tertiary/aromatic N) is 2. The highest BCUT2D eigenvalue weighted by Crippen LogP contribution is 2.30. The molecule has 1 aliphatic rings. The van der Waals surface area contributed by atoms with Gasteiger partial charge in [-0.15, -0.1) is 0 Å². The molecule has 27 heavy (non-hydrogen) atoms. The van der Waals surface area contributed by atoms with Crippen LogP contribution >= 0.6 is 15.9 Å². The third kappa shape index (κ3) is 3.04. The number of H-pyrrole nitrogens is 1. The Hall–Kier alpha value is -2.60. The van der Waals surface area contributed by atoms with Crippen LogP contribution in [-0.2, 0) is 0 Å². The number of aromatic amines is 1. The van der Waals surface area contributed by atoms with E-state index >= 15 is 0 Å². The summed E-state index contributed by atoms with van der Waals surface area (Å²) in [6, 6.07) is 15.7. The molecule has 0 saturated carbocycles. The minimum Gasteiger partial charge on any atom is -0.440 e. The molecule has 0 radical (unpaired) electrons. The number of carbonyl (C=O) groups excluding carboxylic acids is 1. The second kappa shape index (κ2) is 6.53. The first kappa shape index (κ1) is 16.6. The molecule has 6 heteroatoms. The Morgan fingerprint density at radius 1 is 1.15 bits per heavy atom. The van der Waals surface area contributed by atoms with Gasteiger partial charge in [-0.1, -0.05) is 34.1 Å². The van der Waals surface area contributed by atoms with Crippen molar-refractivity contribution in [2.24, 2.45) is 0 Å². The molecule has 3 heterocycles. The van der Waals surface area contributed by atoms with Crippen LogP contribution in [-0.4, -0.2) is 33.9 Å². The van der Waals surface area contributed by atoms with E-state index in [1.54, 1.807) is 0 Å². The van der Waals surface area contributed by atoms with Crippen LogP contribution in [0.4, 0.5) is 0 Å². The lowest BCUT2D eigenvalue weighted by molar-refractivity contribution is 0.0702. The molecule has 0 unspecified atom stereocenters. The smallest absolute Gasteiger partial charge is 0.270 e. The predicted octanol–water partition coefficient (Wildman–Crippen LogP) is 5.09. The van der Waals surface area contributed by atoms with Crippen molar-refractivity contribution >= 4 is 43.8 Å².